The zero-order valence-electron chi connectivity index (χ0n) is 13.5. The lowest BCUT2D eigenvalue weighted by atomic mass is 9.95. The number of hydrogen-bond donors (Lipinski definition) is 2. The molecule has 0 aliphatic carbocycles. The molecule has 1 aromatic carbocycles. The van der Waals surface area contributed by atoms with Gasteiger partial charge in [0.2, 0.25) is 5.91 Å². The predicted molar refractivity (Wildman–Crippen MR) is 83.4 cm³/mol. The van der Waals surface area contributed by atoms with Crippen molar-refractivity contribution in [3.8, 4) is 0 Å². The summed E-state index contributed by atoms with van der Waals surface area (Å²) in [5.41, 5.74) is -0.0296. The van der Waals surface area contributed by atoms with E-state index < -0.39 is 17.7 Å². The summed E-state index contributed by atoms with van der Waals surface area (Å²) in [5.74, 6) is -1.34. The third kappa shape index (κ3) is 7.02. The Morgan fingerprint density at radius 3 is 2.29 bits per heavy atom. The highest BCUT2D eigenvalue weighted by Crippen LogP contribution is 2.29. The third-order valence-corrected chi connectivity index (χ3v) is 3.74. The zero-order chi connectivity index (χ0) is 18.2. The van der Waals surface area contributed by atoms with Gasteiger partial charge in [-0.3, -0.25) is 9.59 Å². The minimum Gasteiger partial charge on any atom is -0.481 e. The van der Waals surface area contributed by atoms with E-state index in [-0.39, 0.29) is 18.2 Å². The molecule has 0 aliphatic heterocycles. The molecular formula is C17H22F3NO3. The van der Waals surface area contributed by atoms with E-state index in [4.69, 9.17) is 5.11 Å². The first-order chi connectivity index (χ1) is 11.2. The number of amides is 1. The maximum atomic E-state index is 12.5. The molecule has 1 unspecified atom stereocenters. The van der Waals surface area contributed by atoms with Gasteiger partial charge < -0.3 is 10.4 Å². The van der Waals surface area contributed by atoms with Crippen LogP contribution in [0.25, 0.3) is 0 Å². The summed E-state index contributed by atoms with van der Waals surface area (Å²) >= 11 is 0. The SMILES string of the molecule is CCC(Cc1ccc(C(F)(F)F)cc1)C(=O)NCCCCC(=O)O. The van der Waals surface area contributed by atoms with Crippen molar-refractivity contribution in [2.24, 2.45) is 5.92 Å². The lowest BCUT2D eigenvalue weighted by Gasteiger charge is -2.15. The topological polar surface area (TPSA) is 66.4 Å². The number of aliphatic carboxylic acids is 1. The number of unbranched alkanes of at least 4 members (excludes halogenated alkanes) is 1. The molecule has 0 aromatic heterocycles. The van der Waals surface area contributed by atoms with Crippen LogP contribution in [-0.2, 0) is 22.2 Å². The number of hydrogen-bond acceptors (Lipinski definition) is 2. The standard InChI is InChI=1S/C17H22F3NO3/c1-2-13(16(24)21-10-4-3-5-15(22)23)11-12-6-8-14(9-7-12)17(18,19)20/h6-9,13H,2-5,10-11H2,1H3,(H,21,24)(H,22,23). The van der Waals surface area contributed by atoms with Crippen LogP contribution in [0.5, 0.6) is 0 Å². The molecule has 1 aromatic rings. The van der Waals surface area contributed by atoms with Crippen molar-refractivity contribution in [1.29, 1.82) is 0 Å². The fourth-order valence-corrected chi connectivity index (χ4v) is 2.29. The Bertz CT molecular complexity index is 541. The van der Waals surface area contributed by atoms with Crippen molar-refractivity contribution in [3.05, 3.63) is 35.4 Å². The summed E-state index contributed by atoms with van der Waals surface area (Å²) in [7, 11) is 0. The van der Waals surface area contributed by atoms with Crippen LogP contribution in [0, 0.1) is 5.92 Å². The molecule has 0 aliphatic rings. The van der Waals surface area contributed by atoms with E-state index >= 15 is 0 Å². The molecule has 0 radical (unpaired) electrons. The van der Waals surface area contributed by atoms with Gasteiger partial charge in [-0.15, -0.1) is 0 Å². The number of carbonyl (C=O) groups is 2. The third-order valence-electron chi connectivity index (χ3n) is 3.74. The molecule has 4 nitrogen and oxygen atoms in total. The van der Waals surface area contributed by atoms with Gasteiger partial charge in [-0.2, -0.15) is 13.2 Å². The number of rotatable bonds is 9. The number of halogens is 3. The van der Waals surface area contributed by atoms with E-state index in [1.165, 1.54) is 12.1 Å². The van der Waals surface area contributed by atoms with Crippen molar-refractivity contribution in [1.82, 2.24) is 5.32 Å². The highest BCUT2D eigenvalue weighted by molar-refractivity contribution is 5.78. The average molecular weight is 345 g/mol. The first kappa shape index (κ1) is 20.0. The van der Waals surface area contributed by atoms with Crippen LogP contribution in [0.2, 0.25) is 0 Å². The van der Waals surface area contributed by atoms with Gasteiger partial charge in [0.05, 0.1) is 5.56 Å². The normalized spacial score (nSPS) is 12.7. The fourth-order valence-electron chi connectivity index (χ4n) is 2.29. The number of carboxylic acids is 1. The first-order valence-corrected chi connectivity index (χ1v) is 7.89. The van der Waals surface area contributed by atoms with Crippen LogP contribution in [0.1, 0.15) is 43.7 Å². The number of carbonyl (C=O) groups excluding carboxylic acids is 1. The van der Waals surface area contributed by atoms with Crippen LogP contribution >= 0.6 is 0 Å². The maximum Gasteiger partial charge on any atom is 0.416 e. The Hall–Kier alpha value is -2.05. The van der Waals surface area contributed by atoms with Crippen molar-refractivity contribution >= 4 is 11.9 Å². The van der Waals surface area contributed by atoms with E-state index in [9.17, 15) is 22.8 Å². The molecule has 0 saturated carbocycles. The maximum absolute atomic E-state index is 12.5. The van der Waals surface area contributed by atoms with E-state index in [2.05, 4.69) is 5.32 Å². The van der Waals surface area contributed by atoms with Crippen molar-refractivity contribution < 1.29 is 27.9 Å². The lowest BCUT2D eigenvalue weighted by Crippen LogP contribution is -2.32. The Balaban J connectivity index is 2.48. The second-order valence-electron chi connectivity index (χ2n) is 5.65. The number of benzene rings is 1. The second-order valence-corrected chi connectivity index (χ2v) is 5.65. The van der Waals surface area contributed by atoms with Gasteiger partial charge in [-0.05, 0) is 43.4 Å². The van der Waals surface area contributed by atoms with E-state index in [0.29, 0.717) is 37.8 Å². The Morgan fingerprint density at radius 2 is 1.79 bits per heavy atom. The molecular weight excluding hydrogens is 323 g/mol. The van der Waals surface area contributed by atoms with Gasteiger partial charge in [-0.1, -0.05) is 19.1 Å². The molecule has 0 fully saturated rings. The van der Waals surface area contributed by atoms with Crippen LogP contribution in [0.3, 0.4) is 0 Å². The summed E-state index contributed by atoms with van der Waals surface area (Å²) in [6.45, 7) is 2.24. The Labute approximate surface area is 139 Å². The smallest absolute Gasteiger partial charge is 0.416 e. The molecule has 7 heteroatoms. The monoisotopic (exact) mass is 345 g/mol. The van der Waals surface area contributed by atoms with E-state index in [1.807, 2.05) is 6.92 Å². The Kier molecular flexibility index (Phi) is 7.74. The summed E-state index contributed by atoms with van der Waals surface area (Å²) in [6.07, 6.45) is -2.29. The summed E-state index contributed by atoms with van der Waals surface area (Å²) in [6, 6.07) is 4.83. The van der Waals surface area contributed by atoms with Crippen LogP contribution in [0.4, 0.5) is 13.2 Å². The lowest BCUT2D eigenvalue weighted by molar-refractivity contribution is -0.138. The summed E-state index contributed by atoms with van der Waals surface area (Å²) in [5, 5.41) is 11.3. The number of nitrogens with one attached hydrogen (secondary N) is 1. The van der Waals surface area contributed by atoms with Gasteiger partial charge in [0.15, 0.2) is 0 Å². The minimum atomic E-state index is -4.37. The Morgan fingerprint density at radius 1 is 1.17 bits per heavy atom. The fraction of sp³-hybridized carbons (Fsp3) is 0.529. The minimum absolute atomic E-state index is 0.0681. The molecule has 0 heterocycles. The van der Waals surface area contributed by atoms with Crippen LogP contribution < -0.4 is 5.32 Å². The number of carboxylic acid groups (broad SMARTS) is 1. The quantitative estimate of drug-likeness (QED) is 0.672. The molecule has 1 rings (SSSR count). The van der Waals surface area contributed by atoms with Gasteiger partial charge in [0.1, 0.15) is 0 Å². The number of alkyl halides is 3. The highest BCUT2D eigenvalue weighted by Gasteiger charge is 2.30. The molecule has 1 amide bonds. The van der Waals surface area contributed by atoms with E-state index in [0.717, 1.165) is 12.1 Å². The van der Waals surface area contributed by atoms with Gasteiger partial charge >= 0.3 is 12.1 Å². The molecule has 0 saturated heterocycles. The molecule has 2 N–H and O–H groups in total. The second kappa shape index (κ2) is 9.30. The van der Waals surface area contributed by atoms with Gasteiger partial charge in [0, 0.05) is 18.9 Å². The van der Waals surface area contributed by atoms with Crippen LogP contribution in [0.15, 0.2) is 24.3 Å². The largest absolute Gasteiger partial charge is 0.481 e. The first-order valence-electron chi connectivity index (χ1n) is 7.89. The summed E-state index contributed by atoms with van der Waals surface area (Å²) in [4.78, 5) is 22.5. The van der Waals surface area contributed by atoms with Gasteiger partial charge in [-0.25, -0.2) is 0 Å². The molecule has 1 atom stereocenters. The molecule has 134 valence electrons. The molecule has 0 bridgehead atoms. The van der Waals surface area contributed by atoms with Gasteiger partial charge in [0.25, 0.3) is 0 Å². The predicted octanol–water partition coefficient (Wildman–Crippen LogP) is 3.65. The van der Waals surface area contributed by atoms with E-state index in [1.54, 1.807) is 0 Å². The highest BCUT2D eigenvalue weighted by atomic mass is 19.4. The van der Waals surface area contributed by atoms with Crippen molar-refractivity contribution in [2.75, 3.05) is 6.54 Å². The van der Waals surface area contributed by atoms with Crippen molar-refractivity contribution in [2.45, 2.75) is 45.2 Å². The molecule has 0 spiro atoms. The van der Waals surface area contributed by atoms with Crippen molar-refractivity contribution in [3.63, 3.8) is 0 Å². The average Bonchev–Trinajstić information content (AvgIpc) is 2.51. The summed E-state index contributed by atoms with van der Waals surface area (Å²) < 4.78 is 37.6. The zero-order valence-corrected chi connectivity index (χ0v) is 13.5. The molecule has 24 heavy (non-hydrogen) atoms. The van der Waals surface area contributed by atoms with Crippen LogP contribution in [-0.4, -0.2) is 23.5 Å².